The van der Waals surface area contributed by atoms with Crippen LogP contribution in [0.2, 0.25) is 0 Å². The molecule has 2 aromatic heterocycles. The average molecular weight is 373 g/mol. The van der Waals surface area contributed by atoms with Crippen molar-refractivity contribution >= 4 is 34.3 Å². The summed E-state index contributed by atoms with van der Waals surface area (Å²) in [5, 5.41) is 3.43. The monoisotopic (exact) mass is 373 g/mol. The molecule has 1 N–H and O–H groups in total. The van der Waals surface area contributed by atoms with Crippen molar-refractivity contribution < 1.29 is 18.7 Å². The van der Waals surface area contributed by atoms with Crippen molar-refractivity contribution in [1.29, 1.82) is 0 Å². The molecule has 0 fully saturated rings. The fourth-order valence-corrected chi connectivity index (χ4v) is 4.51. The minimum Gasteiger partial charge on any atom is -0.462 e. The molecule has 0 saturated carbocycles. The van der Waals surface area contributed by atoms with Crippen LogP contribution in [0.1, 0.15) is 52.6 Å². The van der Waals surface area contributed by atoms with Gasteiger partial charge in [-0.25, -0.2) is 4.79 Å². The summed E-state index contributed by atoms with van der Waals surface area (Å²) in [4.78, 5) is 25.9. The summed E-state index contributed by atoms with van der Waals surface area (Å²) in [6.07, 6.45) is 5.85. The van der Waals surface area contributed by atoms with Gasteiger partial charge in [0.1, 0.15) is 16.5 Å². The lowest BCUT2D eigenvalue weighted by Crippen LogP contribution is -2.15. The molecule has 0 aromatic carbocycles. The van der Waals surface area contributed by atoms with Gasteiger partial charge in [-0.1, -0.05) is 6.92 Å². The van der Waals surface area contributed by atoms with Crippen LogP contribution in [0.25, 0.3) is 6.08 Å². The maximum absolute atomic E-state index is 12.4. The molecule has 26 heavy (non-hydrogen) atoms. The fourth-order valence-electron chi connectivity index (χ4n) is 3.11. The van der Waals surface area contributed by atoms with Gasteiger partial charge in [0.2, 0.25) is 5.91 Å². The lowest BCUT2D eigenvalue weighted by molar-refractivity contribution is -0.111. The second-order valence-electron chi connectivity index (χ2n) is 6.55. The SMILES string of the molecule is CCOC(=O)c1c(NC(=O)C=Cc2ccc(C)o2)sc2c1CCC(C)C2. The predicted molar refractivity (Wildman–Crippen MR) is 103 cm³/mol. The molecule has 1 atom stereocenters. The summed E-state index contributed by atoms with van der Waals surface area (Å²) in [5.41, 5.74) is 1.56. The molecule has 2 aromatic rings. The van der Waals surface area contributed by atoms with Gasteiger partial charge in [0.25, 0.3) is 0 Å². The highest BCUT2D eigenvalue weighted by Crippen LogP contribution is 2.40. The van der Waals surface area contributed by atoms with Gasteiger partial charge in [-0.05, 0) is 62.8 Å². The third-order valence-corrected chi connectivity index (χ3v) is 5.56. The van der Waals surface area contributed by atoms with Gasteiger partial charge in [0.15, 0.2) is 0 Å². The Morgan fingerprint density at radius 1 is 1.42 bits per heavy atom. The molecule has 2 heterocycles. The molecule has 6 heteroatoms. The van der Waals surface area contributed by atoms with Crippen LogP contribution in [-0.2, 0) is 22.4 Å². The number of esters is 1. The zero-order valence-corrected chi connectivity index (χ0v) is 16.1. The number of hydrogen-bond donors (Lipinski definition) is 1. The van der Waals surface area contributed by atoms with E-state index >= 15 is 0 Å². The molecule has 0 bridgehead atoms. The first kappa shape index (κ1) is 18.5. The number of anilines is 1. The first-order valence-corrected chi connectivity index (χ1v) is 9.66. The van der Waals surface area contributed by atoms with Gasteiger partial charge in [0.05, 0.1) is 12.2 Å². The van der Waals surface area contributed by atoms with E-state index in [2.05, 4.69) is 12.2 Å². The summed E-state index contributed by atoms with van der Waals surface area (Å²) >= 11 is 1.48. The molecule has 1 aliphatic rings. The van der Waals surface area contributed by atoms with Gasteiger partial charge >= 0.3 is 5.97 Å². The van der Waals surface area contributed by atoms with Crippen LogP contribution in [0.4, 0.5) is 5.00 Å². The highest BCUT2D eigenvalue weighted by Gasteiger charge is 2.28. The van der Waals surface area contributed by atoms with E-state index in [4.69, 9.17) is 9.15 Å². The number of thiophene rings is 1. The van der Waals surface area contributed by atoms with Gasteiger partial charge < -0.3 is 14.5 Å². The maximum atomic E-state index is 12.4. The first-order chi connectivity index (χ1) is 12.5. The third-order valence-electron chi connectivity index (χ3n) is 4.39. The Morgan fingerprint density at radius 3 is 2.92 bits per heavy atom. The lowest BCUT2D eigenvalue weighted by Gasteiger charge is -2.18. The molecule has 3 rings (SSSR count). The zero-order chi connectivity index (χ0) is 18.7. The topological polar surface area (TPSA) is 68.5 Å². The number of amides is 1. The number of furan rings is 1. The van der Waals surface area contributed by atoms with E-state index in [-0.39, 0.29) is 11.9 Å². The summed E-state index contributed by atoms with van der Waals surface area (Å²) < 4.78 is 10.6. The van der Waals surface area contributed by atoms with Crippen LogP contribution in [-0.4, -0.2) is 18.5 Å². The fraction of sp³-hybridized carbons (Fsp3) is 0.400. The van der Waals surface area contributed by atoms with Crippen LogP contribution in [0, 0.1) is 12.8 Å². The molecule has 138 valence electrons. The number of carbonyl (C=O) groups is 2. The minimum atomic E-state index is -0.361. The molecule has 0 aliphatic heterocycles. The first-order valence-electron chi connectivity index (χ1n) is 8.85. The maximum Gasteiger partial charge on any atom is 0.341 e. The average Bonchev–Trinajstić information content (AvgIpc) is 3.15. The van der Waals surface area contributed by atoms with E-state index in [1.807, 2.05) is 13.0 Å². The van der Waals surface area contributed by atoms with E-state index in [0.29, 0.717) is 28.8 Å². The molecule has 0 saturated heterocycles. The summed E-state index contributed by atoms with van der Waals surface area (Å²) in [6.45, 7) is 6.15. The highest BCUT2D eigenvalue weighted by molar-refractivity contribution is 7.17. The normalized spacial score (nSPS) is 16.5. The summed E-state index contributed by atoms with van der Waals surface area (Å²) in [6, 6.07) is 3.64. The Kier molecular flexibility index (Phi) is 5.61. The van der Waals surface area contributed by atoms with Crippen LogP contribution < -0.4 is 5.32 Å². The Morgan fingerprint density at radius 2 is 2.23 bits per heavy atom. The second kappa shape index (κ2) is 7.91. The molecule has 1 unspecified atom stereocenters. The predicted octanol–water partition coefficient (Wildman–Crippen LogP) is 4.60. The van der Waals surface area contributed by atoms with E-state index in [1.165, 1.54) is 22.3 Å². The van der Waals surface area contributed by atoms with E-state index in [1.54, 1.807) is 19.1 Å². The Balaban J connectivity index is 1.83. The Hall–Kier alpha value is -2.34. The van der Waals surface area contributed by atoms with Crippen molar-refractivity contribution in [3.8, 4) is 0 Å². The Labute approximate surface area is 157 Å². The number of carbonyl (C=O) groups excluding carboxylic acids is 2. The van der Waals surface area contributed by atoms with Crippen molar-refractivity contribution in [2.75, 3.05) is 11.9 Å². The van der Waals surface area contributed by atoms with Gasteiger partial charge in [-0.2, -0.15) is 0 Å². The number of nitrogens with one attached hydrogen (secondary N) is 1. The molecule has 5 nitrogen and oxygen atoms in total. The molecule has 1 aliphatic carbocycles. The van der Waals surface area contributed by atoms with Crippen LogP contribution in [0.5, 0.6) is 0 Å². The smallest absolute Gasteiger partial charge is 0.341 e. The largest absolute Gasteiger partial charge is 0.462 e. The highest BCUT2D eigenvalue weighted by atomic mass is 32.1. The number of hydrogen-bond acceptors (Lipinski definition) is 5. The number of rotatable bonds is 5. The molecular weight excluding hydrogens is 350 g/mol. The summed E-state index contributed by atoms with van der Waals surface area (Å²) in [7, 11) is 0. The third kappa shape index (κ3) is 4.07. The number of fused-ring (bicyclic) bond motifs is 1. The molecule has 0 radical (unpaired) electrons. The lowest BCUT2D eigenvalue weighted by atomic mass is 9.88. The van der Waals surface area contributed by atoms with Gasteiger partial charge in [-0.15, -0.1) is 11.3 Å². The molecular formula is C20H23NO4S. The van der Waals surface area contributed by atoms with E-state index in [0.717, 1.165) is 30.6 Å². The van der Waals surface area contributed by atoms with E-state index < -0.39 is 0 Å². The Bertz CT molecular complexity index is 846. The number of ether oxygens (including phenoxy) is 1. The van der Waals surface area contributed by atoms with Crippen molar-refractivity contribution in [2.45, 2.75) is 40.0 Å². The van der Waals surface area contributed by atoms with Crippen LogP contribution in [0.3, 0.4) is 0 Å². The van der Waals surface area contributed by atoms with Crippen molar-refractivity contribution in [2.24, 2.45) is 5.92 Å². The summed E-state index contributed by atoms with van der Waals surface area (Å²) in [5.74, 6) is 1.33. The van der Waals surface area contributed by atoms with Crippen LogP contribution >= 0.6 is 11.3 Å². The standard InChI is InChI=1S/C20H23NO4S/c1-4-24-20(23)18-15-9-5-12(2)11-16(15)26-19(18)21-17(22)10-8-14-7-6-13(3)25-14/h6-8,10,12H,4-5,9,11H2,1-3H3,(H,21,22). The molecule has 0 spiro atoms. The number of aryl methyl sites for hydroxylation is 1. The second-order valence-corrected chi connectivity index (χ2v) is 7.65. The van der Waals surface area contributed by atoms with Gasteiger partial charge in [-0.3, -0.25) is 4.79 Å². The van der Waals surface area contributed by atoms with Crippen LogP contribution in [0.15, 0.2) is 22.6 Å². The van der Waals surface area contributed by atoms with Crippen molar-refractivity contribution in [3.63, 3.8) is 0 Å². The van der Waals surface area contributed by atoms with Crippen molar-refractivity contribution in [1.82, 2.24) is 0 Å². The zero-order valence-electron chi connectivity index (χ0n) is 15.3. The van der Waals surface area contributed by atoms with E-state index in [9.17, 15) is 9.59 Å². The molecule has 1 amide bonds. The van der Waals surface area contributed by atoms with Gasteiger partial charge in [0, 0.05) is 11.0 Å². The van der Waals surface area contributed by atoms with Crippen molar-refractivity contribution in [3.05, 3.63) is 45.7 Å². The minimum absolute atomic E-state index is 0.295. The quantitative estimate of drug-likeness (QED) is 0.614.